The van der Waals surface area contributed by atoms with Crippen LogP contribution in [0.25, 0.3) is 6.08 Å². The quantitative estimate of drug-likeness (QED) is 0.824. The Labute approximate surface area is 152 Å². The van der Waals surface area contributed by atoms with E-state index in [1.54, 1.807) is 0 Å². The molecule has 1 unspecified atom stereocenters. The van der Waals surface area contributed by atoms with Gasteiger partial charge in [-0.05, 0) is 24.3 Å². The Bertz CT molecular complexity index is 564. The van der Waals surface area contributed by atoms with E-state index < -0.39 is 0 Å². The minimum absolute atomic E-state index is 0.323. The summed E-state index contributed by atoms with van der Waals surface area (Å²) in [7, 11) is 0. The van der Waals surface area contributed by atoms with Gasteiger partial charge < -0.3 is 4.90 Å². The summed E-state index contributed by atoms with van der Waals surface area (Å²) >= 11 is 0. The molecule has 0 spiro atoms. The number of likely N-dealkylation sites (tertiary alicyclic amines) is 1. The first-order chi connectivity index (χ1) is 12.2. The molecule has 2 heterocycles. The Morgan fingerprint density at radius 3 is 2.52 bits per heavy atom. The van der Waals surface area contributed by atoms with E-state index in [2.05, 4.69) is 58.0 Å². The summed E-state index contributed by atoms with van der Waals surface area (Å²) in [6.07, 6.45) is 6.85. The number of piperidine rings is 1. The Morgan fingerprint density at radius 1 is 1.08 bits per heavy atom. The van der Waals surface area contributed by atoms with Gasteiger partial charge in [0.2, 0.25) is 5.91 Å². The molecule has 2 saturated heterocycles. The number of benzene rings is 1. The van der Waals surface area contributed by atoms with Gasteiger partial charge in [-0.25, -0.2) is 0 Å². The maximum Gasteiger partial charge on any atom is 0.236 e. The van der Waals surface area contributed by atoms with Crippen LogP contribution in [0.2, 0.25) is 0 Å². The predicted octanol–water partition coefficient (Wildman–Crippen LogP) is 2.58. The molecule has 0 saturated carbocycles. The van der Waals surface area contributed by atoms with Crippen LogP contribution in [0.3, 0.4) is 0 Å². The molecule has 1 aromatic carbocycles. The standard InChI is InChI=1S/C21H31N3O/c1-19-7-5-12-24(17-19)21(25)18-23-15-13-22(14-16-23)11-6-10-20-8-3-2-4-9-20/h2-4,6,8-10,19H,5,7,11-18H2,1H3/b10-6+. The van der Waals surface area contributed by atoms with Crippen LogP contribution in [0.15, 0.2) is 36.4 Å². The van der Waals surface area contributed by atoms with Gasteiger partial charge in [0.15, 0.2) is 0 Å². The Kier molecular flexibility index (Phi) is 6.65. The monoisotopic (exact) mass is 341 g/mol. The van der Waals surface area contributed by atoms with Crippen LogP contribution < -0.4 is 0 Å². The second kappa shape index (κ2) is 9.16. The van der Waals surface area contributed by atoms with Crippen LogP contribution in [0, 0.1) is 5.92 Å². The predicted molar refractivity (Wildman–Crippen MR) is 103 cm³/mol. The highest BCUT2D eigenvalue weighted by Gasteiger charge is 2.24. The lowest BCUT2D eigenvalue weighted by atomic mass is 10.0. The molecule has 0 aromatic heterocycles. The van der Waals surface area contributed by atoms with Crippen molar-refractivity contribution in [2.45, 2.75) is 19.8 Å². The van der Waals surface area contributed by atoms with Crippen molar-refractivity contribution in [3.63, 3.8) is 0 Å². The summed E-state index contributed by atoms with van der Waals surface area (Å²) in [6, 6.07) is 10.4. The maximum absolute atomic E-state index is 12.5. The fourth-order valence-electron chi connectivity index (χ4n) is 3.74. The number of amides is 1. The van der Waals surface area contributed by atoms with Crippen LogP contribution in [0.4, 0.5) is 0 Å². The van der Waals surface area contributed by atoms with Crippen molar-refractivity contribution in [1.82, 2.24) is 14.7 Å². The number of hydrogen-bond acceptors (Lipinski definition) is 3. The van der Waals surface area contributed by atoms with E-state index in [4.69, 9.17) is 0 Å². The molecule has 25 heavy (non-hydrogen) atoms. The second-order valence-electron chi connectivity index (χ2n) is 7.48. The molecule has 4 heteroatoms. The topological polar surface area (TPSA) is 26.8 Å². The number of piperazine rings is 1. The van der Waals surface area contributed by atoms with Crippen LogP contribution in [0.1, 0.15) is 25.3 Å². The molecule has 1 atom stereocenters. The molecule has 1 amide bonds. The van der Waals surface area contributed by atoms with E-state index in [-0.39, 0.29) is 0 Å². The van der Waals surface area contributed by atoms with Gasteiger partial charge in [0.25, 0.3) is 0 Å². The molecular weight excluding hydrogens is 310 g/mol. The van der Waals surface area contributed by atoms with Gasteiger partial charge in [-0.2, -0.15) is 0 Å². The lowest BCUT2D eigenvalue weighted by Crippen LogP contribution is -2.51. The SMILES string of the molecule is CC1CCCN(C(=O)CN2CCN(C/C=C/c3ccccc3)CC2)C1. The summed E-state index contributed by atoms with van der Waals surface area (Å²) < 4.78 is 0. The largest absolute Gasteiger partial charge is 0.341 e. The zero-order chi connectivity index (χ0) is 17.5. The number of rotatable bonds is 5. The Hall–Kier alpha value is -1.65. The summed E-state index contributed by atoms with van der Waals surface area (Å²) in [5.41, 5.74) is 1.25. The van der Waals surface area contributed by atoms with Crippen LogP contribution in [-0.2, 0) is 4.79 Å². The molecule has 0 N–H and O–H groups in total. The molecule has 1 aromatic rings. The summed E-state index contributed by atoms with van der Waals surface area (Å²) in [4.78, 5) is 19.3. The van der Waals surface area contributed by atoms with Crippen molar-refractivity contribution in [1.29, 1.82) is 0 Å². The first-order valence-corrected chi connectivity index (χ1v) is 9.65. The normalized spacial score (nSPS) is 23.2. The van der Waals surface area contributed by atoms with Gasteiger partial charge in [-0.1, -0.05) is 49.4 Å². The fraction of sp³-hybridized carbons (Fsp3) is 0.571. The maximum atomic E-state index is 12.5. The highest BCUT2D eigenvalue weighted by atomic mass is 16.2. The zero-order valence-electron chi connectivity index (χ0n) is 15.4. The third-order valence-electron chi connectivity index (χ3n) is 5.31. The molecule has 2 aliphatic rings. The molecule has 0 aliphatic carbocycles. The van der Waals surface area contributed by atoms with E-state index in [1.807, 2.05) is 6.07 Å². The zero-order valence-corrected chi connectivity index (χ0v) is 15.4. The van der Waals surface area contributed by atoms with E-state index in [9.17, 15) is 4.79 Å². The van der Waals surface area contributed by atoms with Crippen LogP contribution >= 0.6 is 0 Å². The molecule has 136 valence electrons. The molecule has 3 rings (SSSR count). The van der Waals surface area contributed by atoms with Gasteiger partial charge in [0, 0.05) is 45.8 Å². The van der Waals surface area contributed by atoms with E-state index in [0.717, 1.165) is 52.2 Å². The lowest BCUT2D eigenvalue weighted by molar-refractivity contribution is -0.134. The van der Waals surface area contributed by atoms with Crippen molar-refractivity contribution in [2.24, 2.45) is 5.92 Å². The van der Waals surface area contributed by atoms with Crippen molar-refractivity contribution in [3.8, 4) is 0 Å². The third kappa shape index (κ3) is 5.68. The summed E-state index contributed by atoms with van der Waals surface area (Å²) in [6.45, 7) is 9.81. The van der Waals surface area contributed by atoms with E-state index in [1.165, 1.54) is 12.0 Å². The number of carbonyl (C=O) groups excluding carboxylic acids is 1. The molecular formula is C21H31N3O. The van der Waals surface area contributed by atoms with E-state index >= 15 is 0 Å². The first kappa shape index (κ1) is 18.2. The lowest BCUT2D eigenvalue weighted by Gasteiger charge is -2.36. The van der Waals surface area contributed by atoms with Crippen LogP contribution in [-0.4, -0.2) is 73.0 Å². The minimum atomic E-state index is 0.323. The number of carbonyl (C=O) groups is 1. The van der Waals surface area contributed by atoms with Gasteiger partial charge in [0.1, 0.15) is 0 Å². The van der Waals surface area contributed by atoms with E-state index in [0.29, 0.717) is 18.4 Å². The molecule has 2 aliphatic heterocycles. The van der Waals surface area contributed by atoms with Gasteiger partial charge in [-0.3, -0.25) is 14.6 Å². The Morgan fingerprint density at radius 2 is 1.80 bits per heavy atom. The van der Waals surface area contributed by atoms with Crippen LogP contribution in [0.5, 0.6) is 0 Å². The molecule has 4 nitrogen and oxygen atoms in total. The van der Waals surface area contributed by atoms with Crippen molar-refractivity contribution < 1.29 is 4.79 Å². The highest BCUT2D eigenvalue weighted by molar-refractivity contribution is 5.78. The smallest absolute Gasteiger partial charge is 0.236 e. The average molecular weight is 341 g/mol. The summed E-state index contributed by atoms with van der Waals surface area (Å²) in [5, 5.41) is 0. The van der Waals surface area contributed by atoms with Crippen molar-refractivity contribution in [2.75, 3.05) is 52.4 Å². The minimum Gasteiger partial charge on any atom is -0.341 e. The summed E-state index contributed by atoms with van der Waals surface area (Å²) in [5.74, 6) is 0.981. The van der Waals surface area contributed by atoms with Gasteiger partial charge >= 0.3 is 0 Å². The second-order valence-corrected chi connectivity index (χ2v) is 7.48. The molecule has 2 fully saturated rings. The molecule has 0 bridgehead atoms. The van der Waals surface area contributed by atoms with Gasteiger partial charge in [0.05, 0.1) is 6.54 Å². The number of hydrogen-bond donors (Lipinski definition) is 0. The highest BCUT2D eigenvalue weighted by Crippen LogP contribution is 2.16. The van der Waals surface area contributed by atoms with Gasteiger partial charge in [-0.15, -0.1) is 0 Å². The van der Waals surface area contributed by atoms with Crippen molar-refractivity contribution >= 4 is 12.0 Å². The van der Waals surface area contributed by atoms with Crippen molar-refractivity contribution in [3.05, 3.63) is 42.0 Å². The fourth-order valence-corrected chi connectivity index (χ4v) is 3.74. The average Bonchev–Trinajstić information content (AvgIpc) is 2.64. The number of nitrogens with zero attached hydrogens (tertiary/aromatic N) is 3. The molecule has 0 radical (unpaired) electrons. The Balaban J connectivity index is 1.37. The first-order valence-electron chi connectivity index (χ1n) is 9.65. The third-order valence-corrected chi connectivity index (χ3v) is 5.31.